The Morgan fingerprint density at radius 3 is 2.39 bits per heavy atom. The highest BCUT2D eigenvalue weighted by Crippen LogP contribution is 2.49. The van der Waals surface area contributed by atoms with Gasteiger partial charge in [-0.2, -0.15) is 0 Å². The fourth-order valence-electron chi connectivity index (χ4n) is 1.39. The molecule has 2 atom stereocenters. The third kappa shape index (κ3) is 9.09. The maximum absolute atomic E-state index is 12.4. The van der Waals surface area contributed by atoms with Crippen molar-refractivity contribution in [1.82, 2.24) is 0 Å². The van der Waals surface area contributed by atoms with E-state index in [1.165, 1.54) is 0 Å². The quantitative estimate of drug-likeness (QED) is 0.505. The molecular formula is C13H29O4P. The molecule has 4 nitrogen and oxygen atoms in total. The molecule has 5 heteroatoms. The van der Waals surface area contributed by atoms with Crippen LogP contribution in [0.15, 0.2) is 0 Å². The lowest BCUT2D eigenvalue weighted by Crippen LogP contribution is -2.10. The third-order valence-corrected chi connectivity index (χ3v) is 4.63. The number of ether oxygens (including phenoxy) is 1. The van der Waals surface area contributed by atoms with Crippen molar-refractivity contribution in [2.45, 2.75) is 46.5 Å². The Hall–Kier alpha value is 0.110. The predicted octanol–water partition coefficient (Wildman–Crippen LogP) is 4.10. The second-order valence-electron chi connectivity index (χ2n) is 4.70. The summed E-state index contributed by atoms with van der Waals surface area (Å²) < 4.78 is 28.5. The van der Waals surface area contributed by atoms with Gasteiger partial charge in [-0.25, -0.2) is 0 Å². The van der Waals surface area contributed by atoms with Gasteiger partial charge in [0.05, 0.1) is 19.4 Å². The number of methoxy groups -OCH3 is 1. The van der Waals surface area contributed by atoms with Crippen LogP contribution in [0, 0.1) is 5.92 Å². The highest BCUT2D eigenvalue weighted by Gasteiger charge is 2.24. The van der Waals surface area contributed by atoms with E-state index in [1.807, 2.05) is 6.92 Å². The molecule has 2 unspecified atom stereocenters. The van der Waals surface area contributed by atoms with Crippen molar-refractivity contribution >= 4 is 7.60 Å². The van der Waals surface area contributed by atoms with E-state index >= 15 is 0 Å². The van der Waals surface area contributed by atoms with Crippen LogP contribution in [-0.2, 0) is 18.3 Å². The maximum atomic E-state index is 12.4. The second-order valence-corrected chi connectivity index (χ2v) is 6.89. The van der Waals surface area contributed by atoms with E-state index in [-0.39, 0.29) is 0 Å². The zero-order valence-corrected chi connectivity index (χ0v) is 13.2. The summed E-state index contributed by atoms with van der Waals surface area (Å²) in [4.78, 5) is 0. The molecule has 0 bridgehead atoms. The topological polar surface area (TPSA) is 44.8 Å². The van der Waals surface area contributed by atoms with Crippen molar-refractivity contribution in [3.63, 3.8) is 0 Å². The molecule has 0 radical (unpaired) electrons. The summed E-state index contributed by atoms with van der Waals surface area (Å²) in [5, 5.41) is 0. The van der Waals surface area contributed by atoms with E-state index in [2.05, 4.69) is 13.8 Å². The number of hydrogen-bond donors (Lipinski definition) is 0. The normalized spacial score (nSPS) is 16.4. The highest BCUT2D eigenvalue weighted by molar-refractivity contribution is 7.53. The smallest absolute Gasteiger partial charge is 0.330 e. The highest BCUT2D eigenvalue weighted by atomic mass is 31.2. The first-order valence-electron chi connectivity index (χ1n) is 6.95. The van der Waals surface area contributed by atoms with Gasteiger partial charge < -0.3 is 13.8 Å². The molecule has 0 amide bonds. The first-order valence-corrected chi connectivity index (χ1v) is 8.67. The van der Waals surface area contributed by atoms with Gasteiger partial charge in [-0.05, 0) is 25.2 Å². The van der Waals surface area contributed by atoms with Crippen LogP contribution in [0.2, 0.25) is 0 Å². The Morgan fingerprint density at radius 2 is 1.83 bits per heavy atom. The summed E-state index contributed by atoms with van der Waals surface area (Å²) in [7, 11) is -1.19. The number of rotatable bonds is 12. The summed E-state index contributed by atoms with van der Waals surface area (Å²) in [6.07, 6.45) is 4.19. The van der Waals surface area contributed by atoms with Crippen molar-refractivity contribution in [3.05, 3.63) is 0 Å². The molecule has 0 heterocycles. The van der Waals surface area contributed by atoms with Crippen molar-refractivity contribution in [1.29, 1.82) is 0 Å². The molecule has 0 aromatic heterocycles. The largest absolute Gasteiger partial charge is 0.385 e. The summed E-state index contributed by atoms with van der Waals surface area (Å²) >= 11 is 0. The van der Waals surface area contributed by atoms with E-state index in [0.29, 0.717) is 31.9 Å². The monoisotopic (exact) mass is 280 g/mol. The van der Waals surface area contributed by atoms with Crippen LogP contribution < -0.4 is 0 Å². The number of hydrogen-bond acceptors (Lipinski definition) is 4. The van der Waals surface area contributed by atoms with Crippen LogP contribution in [0.5, 0.6) is 0 Å². The summed E-state index contributed by atoms with van der Waals surface area (Å²) in [5.74, 6) is 0.338. The molecular weight excluding hydrogens is 251 g/mol. The maximum Gasteiger partial charge on any atom is 0.330 e. The molecule has 0 fully saturated rings. The van der Waals surface area contributed by atoms with Crippen molar-refractivity contribution in [3.8, 4) is 0 Å². The fourth-order valence-corrected chi connectivity index (χ4v) is 3.37. The Bertz CT molecular complexity index is 221. The van der Waals surface area contributed by atoms with Gasteiger partial charge in [-0.1, -0.05) is 27.2 Å². The van der Waals surface area contributed by atoms with E-state index < -0.39 is 7.60 Å². The van der Waals surface area contributed by atoms with Crippen molar-refractivity contribution in [2.24, 2.45) is 5.92 Å². The van der Waals surface area contributed by atoms with Gasteiger partial charge in [-0.3, -0.25) is 4.57 Å². The average Bonchev–Trinajstić information content (AvgIpc) is 2.38. The van der Waals surface area contributed by atoms with Crippen LogP contribution >= 0.6 is 7.60 Å². The molecule has 0 aromatic carbocycles. The molecule has 110 valence electrons. The minimum absolute atomic E-state index is 0.338. The van der Waals surface area contributed by atoms with Gasteiger partial charge in [-0.15, -0.1) is 0 Å². The Labute approximate surface area is 112 Å². The van der Waals surface area contributed by atoms with E-state index in [9.17, 15) is 4.57 Å². The van der Waals surface area contributed by atoms with Gasteiger partial charge in [0.15, 0.2) is 0 Å². The van der Waals surface area contributed by atoms with E-state index in [4.69, 9.17) is 13.8 Å². The van der Waals surface area contributed by atoms with Crippen LogP contribution in [-0.4, -0.2) is 33.1 Å². The van der Waals surface area contributed by atoms with Gasteiger partial charge >= 0.3 is 7.60 Å². The fraction of sp³-hybridized carbons (Fsp3) is 1.00. The molecule has 0 spiro atoms. The SMILES string of the molecule is CCCCP(=O)(OCCC)OCC(C)CCOC. The van der Waals surface area contributed by atoms with Gasteiger partial charge in [0.1, 0.15) is 0 Å². The van der Waals surface area contributed by atoms with E-state index in [1.54, 1.807) is 7.11 Å². The summed E-state index contributed by atoms with van der Waals surface area (Å²) in [6.45, 7) is 7.85. The first-order chi connectivity index (χ1) is 8.58. The minimum Gasteiger partial charge on any atom is -0.385 e. The number of unbranched alkanes of at least 4 members (excludes halogenated alkanes) is 1. The van der Waals surface area contributed by atoms with Crippen molar-refractivity contribution < 1.29 is 18.3 Å². The molecule has 0 aromatic rings. The Balaban J connectivity index is 4.09. The molecule has 0 rings (SSSR count). The molecule has 0 aliphatic rings. The predicted molar refractivity (Wildman–Crippen MR) is 75.2 cm³/mol. The molecule has 0 saturated carbocycles. The lowest BCUT2D eigenvalue weighted by Gasteiger charge is -2.20. The third-order valence-electron chi connectivity index (χ3n) is 2.65. The van der Waals surface area contributed by atoms with Crippen LogP contribution in [0.25, 0.3) is 0 Å². The van der Waals surface area contributed by atoms with Gasteiger partial charge in [0.25, 0.3) is 0 Å². The van der Waals surface area contributed by atoms with Gasteiger partial charge in [0.2, 0.25) is 0 Å². The molecule has 0 aliphatic carbocycles. The van der Waals surface area contributed by atoms with Crippen LogP contribution in [0.4, 0.5) is 0 Å². The zero-order valence-electron chi connectivity index (χ0n) is 12.3. The molecule has 18 heavy (non-hydrogen) atoms. The van der Waals surface area contributed by atoms with Crippen molar-refractivity contribution in [2.75, 3.05) is 33.1 Å². The molecule has 0 N–H and O–H groups in total. The molecule has 0 saturated heterocycles. The van der Waals surface area contributed by atoms with E-state index in [0.717, 1.165) is 25.7 Å². The second kappa shape index (κ2) is 11.0. The van der Waals surface area contributed by atoms with Crippen LogP contribution in [0.1, 0.15) is 46.5 Å². The van der Waals surface area contributed by atoms with Crippen LogP contribution in [0.3, 0.4) is 0 Å². The lowest BCUT2D eigenvalue weighted by atomic mass is 10.1. The molecule has 0 aliphatic heterocycles. The summed E-state index contributed by atoms with van der Waals surface area (Å²) in [5.41, 5.74) is 0. The standard InChI is InChI=1S/C13H29O4P/c1-5-7-11-18(14,16-9-6-2)17-12-13(3)8-10-15-4/h13H,5-12H2,1-4H3. The first kappa shape index (κ1) is 18.1. The summed E-state index contributed by atoms with van der Waals surface area (Å²) in [6, 6.07) is 0. The Morgan fingerprint density at radius 1 is 1.11 bits per heavy atom. The lowest BCUT2D eigenvalue weighted by molar-refractivity contribution is 0.145. The van der Waals surface area contributed by atoms with Gasteiger partial charge in [0, 0.05) is 13.7 Å². The average molecular weight is 280 g/mol. The Kier molecular flexibility index (Phi) is 11.0. The minimum atomic E-state index is -2.88. The zero-order chi connectivity index (χ0) is 13.9.